The predicted molar refractivity (Wildman–Crippen MR) is 150 cm³/mol. The van der Waals surface area contributed by atoms with Gasteiger partial charge in [0.15, 0.2) is 5.65 Å². The SMILES string of the molecule is [B]c1cnn2c(NCc3cccc(NC(=C)Nc4ccc(Cl)cc4)c3)cc(-c3ccccc3Cl)nc12. The molecule has 0 saturated carbocycles. The first kappa shape index (κ1) is 23.8. The molecule has 2 radical (unpaired) electrons. The van der Waals surface area contributed by atoms with Crippen LogP contribution in [0.2, 0.25) is 10.0 Å². The van der Waals surface area contributed by atoms with Crippen molar-refractivity contribution in [2.24, 2.45) is 0 Å². The molecule has 0 saturated heterocycles. The fourth-order valence-corrected chi connectivity index (χ4v) is 4.14. The highest BCUT2D eigenvalue weighted by Crippen LogP contribution is 2.28. The van der Waals surface area contributed by atoms with Gasteiger partial charge in [-0.1, -0.05) is 60.1 Å². The molecular weight excluding hydrogens is 490 g/mol. The zero-order valence-electron chi connectivity index (χ0n) is 19.2. The highest BCUT2D eigenvalue weighted by atomic mass is 35.5. The van der Waals surface area contributed by atoms with Gasteiger partial charge in [-0.2, -0.15) is 9.61 Å². The zero-order chi connectivity index (χ0) is 25.1. The van der Waals surface area contributed by atoms with Gasteiger partial charge in [0, 0.05) is 45.8 Å². The topological polar surface area (TPSA) is 66.3 Å². The molecule has 0 aliphatic carbocycles. The van der Waals surface area contributed by atoms with E-state index in [9.17, 15) is 0 Å². The molecule has 176 valence electrons. The van der Waals surface area contributed by atoms with E-state index in [2.05, 4.69) is 32.6 Å². The lowest BCUT2D eigenvalue weighted by atomic mass is 10.0. The number of anilines is 3. The summed E-state index contributed by atoms with van der Waals surface area (Å²) < 4.78 is 1.69. The number of hydrogen-bond acceptors (Lipinski definition) is 5. The lowest BCUT2D eigenvalue weighted by Gasteiger charge is -2.14. The minimum Gasteiger partial charge on any atom is -0.366 e. The van der Waals surface area contributed by atoms with Gasteiger partial charge in [-0.3, -0.25) is 0 Å². The van der Waals surface area contributed by atoms with Crippen molar-refractivity contribution in [3.63, 3.8) is 0 Å². The minimum absolute atomic E-state index is 0.491. The van der Waals surface area contributed by atoms with Crippen LogP contribution < -0.4 is 21.4 Å². The highest BCUT2D eigenvalue weighted by Gasteiger charge is 2.12. The molecule has 5 aromatic rings. The molecule has 36 heavy (non-hydrogen) atoms. The van der Waals surface area contributed by atoms with Crippen LogP contribution in [-0.2, 0) is 6.54 Å². The molecule has 6 nitrogen and oxygen atoms in total. The smallest absolute Gasteiger partial charge is 0.150 e. The molecule has 0 bridgehead atoms. The van der Waals surface area contributed by atoms with Crippen LogP contribution in [0.15, 0.2) is 97.5 Å². The number of nitrogens with one attached hydrogen (secondary N) is 3. The summed E-state index contributed by atoms with van der Waals surface area (Å²) in [5.74, 6) is 1.40. The maximum atomic E-state index is 6.43. The minimum atomic E-state index is 0.491. The zero-order valence-corrected chi connectivity index (χ0v) is 20.7. The Morgan fingerprint density at radius 1 is 0.917 bits per heavy atom. The molecule has 0 fully saturated rings. The first-order valence-electron chi connectivity index (χ1n) is 11.2. The summed E-state index contributed by atoms with van der Waals surface area (Å²) in [7, 11) is 6.13. The van der Waals surface area contributed by atoms with E-state index in [1.807, 2.05) is 78.9 Å². The van der Waals surface area contributed by atoms with Crippen molar-refractivity contribution < 1.29 is 0 Å². The lowest BCUT2D eigenvalue weighted by molar-refractivity contribution is 0.927. The fourth-order valence-electron chi connectivity index (χ4n) is 3.78. The van der Waals surface area contributed by atoms with Crippen molar-refractivity contribution in [1.82, 2.24) is 14.6 Å². The summed E-state index contributed by atoms with van der Waals surface area (Å²) in [6.45, 7) is 4.61. The van der Waals surface area contributed by atoms with Crippen LogP contribution in [0, 0.1) is 0 Å². The molecule has 0 aliphatic heterocycles. The van der Waals surface area contributed by atoms with E-state index in [0.29, 0.717) is 39.2 Å². The van der Waals surface area contributed by atoms with Gasteiger partial charge in [0.1, 0.15) is 19.5 Å². The third-order valence-corrected chi connectivity index (χ3v) is 6.07. The summed E-state index contributed by atoms with van der Waals surface area (Å²) in [5.41, 5.74) is 5.44. The summed E-state index contributed by atoms with van der Waals surface area (Å²) in [6, 6.07) is 25.0. The van der Waals surface area contributed by atoms with Crippen LogP contribution in [-0.4, -0.2) is 22.4 Å². The molecule has 0 unspecified atom stereocenters. The number of rotatable bonds is 8. The van der Waals surface area contributed by atoms with Gasteiger partial charge in [-0.05, 0) is 53.5 Å². The van der Waals surface area contributed by atoms with Crippen LogP contribution >= 0.6 is 23.2 Å². The van der Waals surface area contributed by atoms with Crippen LogP contribution in [0.5, 0.6) is 0 Å². The van der Waals surface area contributed by atoms with Crippen molar-refractivity contribution in [2.45, 2.75) is 6.54 Å². The molecule has 3 N–H and O–H groups in total. The molecule has 3 aromatic carbocycles. The average Bonchev–Trinajstić information content (AvgIpc) is 3.25. The Morgan fingerprint density at radius 2 is 1.69 bits per heavy atom. The van der Waals surface area contributed by atoms with E-state index in [-0.39, 0.29) is 0 Å². The Kier molecular flexibility index (Phi) is 6.85. The Labute approximate surface area is 220 Å². The second-order valence-corrected chi connectivity index (χ2v) is 8.97. The Hall–Kier alpha value is -3.94. The molecule has 5 rings (SSSR count). The highest BCUT2D eigenvalue weighted by molar-refractivity contribution is 6.36. The largest absolute Gasteiger partial charge is 0.366 e. The standard InChI is InChI=1S/C27H21BCl2N6/c1-17(33-20-11-9-19(29)10-12-20)34-21-6-4-5-18(13-21)15-31-26-14-25(22-7-2-3-8-24(22)30)35-27-23(28)16-32-36(26)27/h2-14,16,31,33-34H,1,15H2. The average molecular weight is 511 g/mol. The van der Waals surface area contributed by atoms with Gasteiger partial charge < -0.3 is 16.0 Å². The summed E-state index contributed by atoms with van der Waals surface area (Å²) in [6.07, 6.45) is 1.59. The quantitative estimate of drug-likeness (QED) is 0.220. The second kappa shape index (κ2) is 10.4. The molecule has 9 heteroatoms. The Morgan fingerprint density at radius 3 is 2.50 bits per heavy atom. The fraction of sp³-hybridized carbons (Fsp3) is 0.0370. The Bertz CT molecular complexity index is 1550. The summed E-state index contributed by atoms with van der Waals surface area (Å²) >= 11 is 12.4. The third-order valence-electron chi connectivity index (χ3n) is 5.48. The van der Waals surface area contributed by atoms with E-state index >= 15 is 0 Å². The van der Waals surface area contributed by atoms with Crippen molar-refractivity contribution >= 4 is 59.4 Å². The summed E-state index contributed by atoms with van der Waals surface area (Å²) in [4.78, 5) is 4.68. The molecular formula is C27H21BCl2N6. The van der Waals surface area contributed by atoms with E-state index in [4.69, 9.17) is 31.0 Å². The molecule has 0 spiro atoms. The molecule has 0 atom stereocenters. The van der Waals surface area contributed by atoms with Crippen LogP contribution in [0.3, 0.4) is 0 Å². The molecule has 2 aromatic heterocycles. The maximum Gasteiger partial charge on any atom is 0.150 e. The Balaban J connectivity index is 1.33. The number of halogens is 2. The van der Waals surface area contributed by atoms with Crippen molar-refractivity contribution in [3.8, 4) is 11.3 Å². The normalized spacial score (nSPS) is 10.8. The van der Waals surface area contributed by atoms with Crippen LogP contribution in [0.1, 0.15) is 5.56 Å². The lowest BCUT2D eigenvalue weighted by Crippen LogP contribution is -2.10. The summed E-state index contributed by atoms with van der Waals surface area (Å²) in [5, 5.41) is 15.6. The molecule has 0 amide bonds. The van der Waals surface area contributed by atoms with E-state index in [1.54, 1.807) is 10.7 Å². The van der Waals surface area contributed by atoms with Crippen molar-refractivity contribution in [3.05, 3.63) is 113 Å². The molecule has 0 aliphatic rings. The van der Waals surface area contributed by atoms with Crippen LogP contribution in [0.4, 0.5) is 17.2 Å². The van der Waals surface area contributed by atoms with Gasteiger partial charge >= 0.3 is 0 Å². The van der Waals surface area contributed by atoms with E-state index in [1.165, 1.54) is 0 Å². The van der Waals surface area contributed by atoms with Gasteiger partial charge in [-0.25, -0.2) is 4.98 Å². The number of fused-ring (bicyclic) bond motifs is 1. The van der Waals surface area contributed by atoms with Gasteiger partial charge in [0.25, 0.3) is 0 Å². The molecule has 2 heterocycles. The number of hydrogen-bond donors (Lipinski definition) is 3. The van der Waals surface area contributed by atoms with E-state index in [0.717, 1.165) is 28.3 Å². The van der Waals surface area contributed by atoms with E-state index < -0.39 is 0 Å². The third kappa shape index (κ3) is 5.32. The first-order chi connectivity index (χ1) is 17.5. The number of nitrogens with zero attached hydrogens (tertiary/aromatic N) is 3. The van der Waals surface area contributed by atoms with Crippen molar-refractivity contribution in [1.29, 1.82) is 0 Å². The number of benzene rings is 3. The maximum absolute atomic E-state index is 6.43. The number of aromatic nitrogens is 3. The predicted octanol–water partition coefficient (Wildman–Crippen LogP) is 6.10. The van der Waals surface area contributed by atoms with Gasteiger partial charge in [-0.15, -0.1) is 0 Å². The van der Waals surface area contributed by atoms with Crippen LogP contribution in [0.25, 0.3) is 16.9 Å². The van der Waals surface area contributed by atoms with Gasteiger partial charge in [0.05, 0.1) is 5.69 Å². The van der Waals surface area contributed by atoms with Gasteiger partial charge in [0.2, 0.25) is 0 Å². The first-order valence-corrected chi connectivity index (χ1v) is 11.9. The van der Waals surface area contributed by atoms with Crippen molar-refractivity contribution in [2.75, 3.05) is 16.0 Å². The second-order valence-electron chi connectivity index (χ2n) is 8.13. The monoisotopic (exact) mass is 510 g/mol.